The van der Waals surface area contributed by atoms with Crippen LogP contribution in [0.1, 0.15) is 28.3 Å². The zero-order valence-electron chi connectivity index (χ0n) is 17.3. The maximum absolute atomic E-state index is 6.09. The molecule has 30 heavy (non-hydrogen) atoms. The highest BCUT2D eigenvalue weighted by molar-refractivity contribution is 5.55. The van der Waals surface area contributed by atoms with Crippen LogP contribution in [-0.4, -0.2) is 25.7 Å². The highest BCUT2D eigenvalue weighted by Crippen LogP contribution is 2.36. The molecule has 2 aromatic carbocycles. The van der Waals surface area contributed by atoms with Gasteiger partial charge in [0.1, 0.15) is 6.61 Å². The van der Waals surface area contributed by atoms with Crippen molar-refractivity contribution in [3.05, 3.63) is 89.1 Å². The topological polar surface area (TPSA) is 52.6 Å². The summed E-state index contributed by atoms with van der Waals surface area (Å²) in [5, 5.41) is 3.57. The summed E-state index contributed by atoms with van der Waals surface area (Å²) in [6, 6.07) is 18.3. The second kappa shape index (κ2) is 9.46. The summed E-state index contributed by atoms with van der Waals surface area (Å²) in [5.41, 5.74) is 4.67. The number of ether oxygens (including phenoxy) is 3. The number of aromatic nitrogens is 1. The number of benzene rings is 2. The van der Waals surface area contributed by atoms with Gasteiger partial charge in [0.05, 0.1) is 20.3 Å². The Morgan fingerprint density at radius 3 is 2.70 bits per heavy atom. The maximum Gasteiger partial charge on any atom is 0.213 e. The van der Waals surface area contributed by atoms with Gasteiger partial charge in [-0.15, -0.1) is 0 Å². The molecule has 1 N–H and O–H groups in total. The van der Waals surface area contributed by atoms with E-state index in [4.69, 9.17) is 14.2 Å². The molecule has 0 saturated heterocycles. The summed E-state index contributed by atoms with van der Waals surface area (Å²) < 4.78 is 16.9. The van der Waals surface area contributed by atoms with E-state index in [0.29, 0.717) is 12.5 Å². The van der Waals surface area contributed by atoms with E-state index in [9.17, 15) is 0 Å². The van der Waals surface area contributed by atoms with Crippen molar-refractivity contribution < 1.29 is 14.2 Å². The molecule has 4 rings (SSSR count). The Morgan fingerprint density at radius 2 is 1.90 bits per heavy atom. The van der Waals surface area contributed by atoms with E-state index in [-0.39, 0.29) is 6.04 Å². The summed E-state index contributed by atoms with van der Waals surface area (Å²) in [4.78, 5) is 4.16. The molecular weight excluding hydrogens is 376 g/mol. The summed E-state index contributed by atoms with van der Waals surface area (Å²) in [6.45, 7) is 1.42. The third-order valence-corrected chi connectivity index (χ3v) is 5.21. The molecule has 0 saturated carbocycles. The van der Waals surface area contributed by atoms with E-state index in [2.05, 4.69) is 46.7 Å². The van der Waals surface area contributed by atoms with Crippen molar-refractivity contribution in [2.75, 3.05) is 20.8 Å². The van der Waals surface area contributed by atoms with E-state index in [1.165, 1.54) is 11.1 Å². The van der Waals surface area contributed by atoms with Crippen LogP contribution in [-0.2, 0) is 13.0 Å². The van der Waals surface area contributed by atoms with Crippen molar-refractivity contribution in [3.63, 3.8) is 0 Å². The fraction of sp³-hybridized carbons (Fsp3) is 0.240. The van der Waals surface area contributed by atoms with Crippen molar-refractivity contribution in [2.24, 2.45) is 0 Å². The Kier molecular flexibility index (Phi) is 6.30. The fourth-order valence-corrected chi connectivity index (χ4v) is 3.62. The van der Waals surface area contributed by atoms with Gasteiger partial charge in [-0.25, -0.2) is 4.98 Å². The van der Waals surface area contributed by atoms with E-state index in [1.54, 1.807) is 20.4 Å². The van der Waals surface area contributed by atoms with Crippen molar-refractivity contribution in [2.45, 2.75) is 19.1 Å². The number of fused-ring (bicyclic) bond motifs is 1. The lowest BCUT2D eigenvalue weighted by Gasteiger charge is -2.26. The predicted molar refractivity (Wildman–Crippen MR) is 118 cm³/mol. The van der Waals surface area contributed by atoms with Gasteiger partial charge >= 0.3 is 0 Å². The van der Waals surface area contributed by atoms with Crippen molar-refractivity contribution >= 4 is 6.08 Å². The van der Waals surface area contributed by atoms with Crippen molar-refractivity contribution in [1.82, 2.24) is 10.3 Å². The Bertz CT molecular complexity index is 1020. The fourth-order valence-electron chi connectivity index (χ4n) is 3.62. The van der Waals surface area contributed by atoms with E-state index >= 15 is 0 Å². The molecule has 0 aliphatic carbocycles. The first-order valence-corrected chi connectivity index (χ1v) is 10.1. The first-order valence-electron chi connectivity index (χ1n) is 10.1. The van der Waals surface area contributed by atoms with Crippen LogP contribution < -0.4 is 19.5 Å². The van der Waals surface area contributed by atoms with Gasteiger partial charge in [0.25, 0.3) is 0 Å². The molecule has 2 heterocycles. The van der Waals surface area contributed by atoms with Crippen LogP contribution in [0.15, 0.2) is 66.9 Å². The normalized spacial score (nSPS) is 15.6. The second-order valence-electron chi connectivity index (χ2n) is 7.15. The van der Waals surface area contributed by atoms with E-state index in [0.717, 1.165) is 35.6 Å². The summed E-state index contributed by atoms with van der Waals surface area (Å²) in [5.74, 6) is 2.14. The molecule has 0 spiro atoms. The van der Waals surface area contributed by atoms with Crippen LogP contribution in [0.3, 0.4) is 0 Å². The predicted octanol–water partition coefficient (Wildman–Crippen LogP) is 4.58. The highest BCUT2D eigenvalue weighted by atomic mass is 16.5. The monoisotopic (exact) mass is 402 g/mol. The molecule has 0 amide bonds. The number of nitrogens with one attached hydrogen (secondary N) is 1. The van der Waals surface area contributed by atoms with Gasteiger partial charge in [-0.3, -0.25) is 0 Å². The molecular formula is C25H26N2O3. The van der Waals surface area contributed by atoms with Crippen LogP contribution in [0.2, 0.25) is 0 Å². The average molecular weight is 402 g/mol. The molecule has 0 fully saturated rings. The van der Waals surface area contributed by atoms with Crippen LogP contribution in [0.25, 0.3) is 6.08 Å². The molecule has 1 aromatic heterocycles. The summed E-state index contributed by atoms with van der Waals surface area (Å²) in [6.07, 6.45) is 6.95. The molecule has 5 nitrogen and oxygen atoms in total. The van der Waals surface area contributed by atoms with Gasteiger partial charge < -0.3 is 19.5 Å². The smallest absolute Gasteiger partial charge is 0.213 e. The summed E-state index contributed by atoms with van der Waals surface area (Å²) >= 11 is 0. The third-order valence-electron chi connectivity index (χ3n) is 5.21. The zero-order valence-corrected chi connectivity index (χ0v) is 17.3. The Labute approximate surface area is 177 Å². The molecule has 1 unspecified atom stereocenters. The molecule has 0 radical (unpaired) electrons. The number of methoxy groups -OCH3 is 2. The lowest BCUT2D eigenvalue weighted by Crippen LogP contribution is -2.28. The quantitative estimate of drug-likeness (QED) is 0.627. The molecule has 0 bridgehead atoms. The number of rotatable bonds is 7. The van der Waals surface area contributed by atoms with Crippen LogP contribution in [0.4, 0.5) is 0 Å². The van der Waals surface area contributed by atoms with E-state index < -0.39 is 0 Å². The first kappa shape index (κ1) is 20.0. The Balaban J connectivity index is 1.56. The minimum Gasteiger partial charge on any atom is -0.493 e. The number of nitrogens with zero attached hydrogens (tertiary/aromatic N) is 1. The molecule has 1 atom stereocenters. The lowest BCUT2D eigenvalue weighted by molar-refractivity contribution is 0.283. The SMILES string of the molecule is COc1cc(/C=C/C2NCCc3cc(OCc4ccccc4)c(OC)cc32)ccn1. The first-order chi connectivity index (χ1) is 14.8. The van der Waals surface area contributed by atoms with Gasteiger partial charge in [-0.1, -0.05) is 42.5 Å². The zero-order chi connectivity index (χ0) is 20.8. The maximum atomic E-state index is 6.09. The Morgan fingerprint density at radius 1 is 1.03 bits per heavy atom. The minimum absolute atomic E-state index is 0.102. The van der Waals surface area contributed by atoms with Crippen LogP contribution in [0, 0.1) is 0 Å². The van der Waals surface area contributed by atoms with Crippen LogP contribution in [0.5, 0.6) is 17.4 Å². The summed E-state index contributed by atoms with van der Waals surface area (Å²) in [7, 11) is 3.31. The van der Waals surface area contributed by atoms with Crippen LogP contribution >= 0.6 is 0 Å². The Hall–Kier alpha value is -3.31. The van der Waals surface area contributed by atoms with E-state index in [1.807, 2.05) is 30.3 Å². The minimum atomic E-state index is 0.102. The molecule has 1 aliphatic heterocycles. The number of pyridine rings is 1. The van der Waals surface area contributed by atoms with Gasteiger partial charge in [-0.2, -0.15) is 0 Å². The van der Waals surface area contributed by atoms with Gasteiger partial charge in [0.15, 0.2) is 11.5 Å². The molecule has 5 heteroatoms. The molecule has 1 aliphatic rings. The largest absolute Gasteiger partial charge is 0.493 e. The van der Waals surface area contributed by atoms with Crippen molar-refractivity contribution in [1.29, 1.82) is 0 Å². The third kappa shape index (κ3) is 4.63. The lowest BCUT2D eigenvalue weighted by atomic mass is 9.93. The second-order valence-corrected chi connectivity index (χ2v) is 7.15. The number of hydrogen-bond donors (Lipinski definition) is 1. The number of hydrogen-bond acceptors (Lipinski definition) is 5. The average Bonchev–Trinajstić information content (AvgIpc) is 2.81. The van der Waals surface area contributed by atoms with Crippen molar-refractivity contribution in [3.8, 4) is 17.4 Å². The molecule has 3 aromatic rings. The standard InChI is InChI=1S/C25H26N2O3/c1-28-23-16-21-20(15-24(23)30-17-19-6-4-3-5-7-19)11-13-26-22(21)9-8-18-10-12-27-25(14-18)29-2/h3-10,12,14-16,22,26H,11,13,17H2,1-2H3/b9-8+. The molecule has 154 valence electrons. The highest BCUT2D eigenvalue weighted by Gasteiger charge is 2.21. The van der Waals surface area contributed by atoms with Gasteiger partial charge in [0.2, 0.25) is 5.88 Å². The van der Waals surface area contributed by atoms with Gasteiger partial charge in [-0.05, 0) is 46.9 Å². The van der Waals surface area contributed by atoms with Gasteiger partial charge in [0, 0.05) is 18.8 Å².